The maximum atomic E-state index is 11.8. The van der Waals surface area contributed by atoms with E-state index >= 15 is 0 Å². The van der Waals surface area contributed by atoms with Crippen molar-refractivity contribution in [3.05, 3.63) is 24.3 Å². The second kappa shape index (κ2) is 4.99. The molecule has 1 heterocycles. The van der Waals surface area contributed by atoms with Crippen LogP contribution in [0.5, 0.6) is 5.75 Å². The minimum atomic E-state index is -0.0810. The van der Waals surface area contributed by atoms with E-state index in [1.165, 1.54) is 0 Å². The third kappa shape index (κ3) is 2.73. The van der Waals surface area contributed by atoms with E-state index in [2.05, 4.69) is 10.6 Å². The number of amides is 1. The second-order valence-electron chi connectivity index (χ2n) is 4.04. The van der Waals surface area contributed by atoms with Crippen LogP contribution < -0.4 is 10.6 Å². The van der Waals surface area contributed by atoms with Crippen molar-refractivity contribution in [2.75, 3.05) is 11.9 Å². The van der Waals surface area contributed by atoms with Gasteiger partial charge >= 0.3 is 0 Å². The average molecular weight is 220 g/mol. The van der Waals surface area contributed by atoms with Gasteiger partial charge in [-0.05, 0) is 43.7 Å². The Bertz CT molecular complexity index is 356. The molecule has 16 heavy (non-hydrogen) atoms. The maximum absolute atomic E-state index is 11.8. The Hall–Kier alpha value is -1.55. The van der Waals surface area contributed by atoms with E-state index in [0.717, 1.165) is 31.5 Å². The number of carbonyl (C=O) groups excluding carboxylic acids is 1. The van der Waals surface area contributed by atoms with Crippen LogP contribution >= 0.6 is 0 Å². The Labute approximate surface area is 94.7 Å². The summed E-state index contributed by atoms with van der Waals surface area (Å²) in [5.41, 5.74) is 0.718. The highest BCUT2D eigenvalue weighted by Crippen LogP contribution is 2.15. The van der Waals surface area contributed by atoms with Gasteiger partial charge in [0.15, 0.2) is 0 Å². The van der Waals surface area contributed by atoms with Gasteiger partial charge in [0, 0.05) is 5.69 Å². The lowest BCUT2D eigenvalue weighted by atomic mass is 10.0. The summed E-state index contributed by atoms with van der Waals surface area (Å²) in [5, 5.41) is 15.1. The molecule has 1 atom stereocenters. The first-order valence-corrected chi connectivity index (χ1v) is 5.59. The van der Waals surface area contributed by atoms with Gasteiger partial charge in [0.2, 0.25) is 5.91 Å². The highest BCUT2D eigenvalue weighted by molar-refractivity contribution is 5.94. The minimum Gasteiger partial charge on any atom is -0.508 e. The monoisotopic (exact) mass is 220 g/mol. The number of hydrogen-bond donors (Lipinski definition) is 3. The number of benzene rings is 1. The standard InChI is InChI=1S/C12H16N2O2/c15-10-6-4-9(5-7-10)14-12(16)11-3-1-2-8-13-11/h4-7,11,13,15H,1-3,8H2,(H,14,16). The third-order valence-corrected chi connectivity index (χ3v) is 2.76. The largest absolute Gasteiger partial charge is 0.508 e. The van der Waals surface area contributed by atoms with Crippen LogP contribution in [-0.4, -0.2) is 23.6 Å². The third-order valence-electron chi connectivity index (χ3n) is 2.76. The van der Waals surface area contributed by atoms with Gasteiger partial charge in [-0.2, -0.15) is 0 Å². The number of phenols is 1. The van der Waals surface area contributed by atoms with Crippen molar-refractivity contribution in [1.82, 2.24) is 5.32 Å². The van der Waals surface area contributed by atoms with Crippen molar-refractivity contribution in [1.29, 1.82) is 0 Å². The molecule has 1 aromatic carbocycles. The van der Waals surface area contributed by atoms with E-state index in [4.69, 9.17) is 5.11 Å². The topological polar surface area (TPSA) is 61.4 Å². The molecular formula is C12H16N2O2. The fraction of sp³-hybridized carbons (Fsp3) is 0.417. The van der Waals surface area contributed by atoms with Crippen molar-refractivity contribution in [2.24, 2.45) is 0 Å². The fourth-order valence-electron chi connectivity index (χ4n) is 1.85. The molecule has 0 aromatic heterocycles. The summed E-state index contributed by atoms with van der Waals surface area (Å²) in [6, 6.07) is 6.42. The highest BCUT2D eigenvalue weighted by Gasteiger charge is 2.20. The zero-order chi connectivity index (χ0) is 11.4. The predicted molar refractivity (Wildman–Crippen MR) is 62.4 cm³/mol. The van der Waals surface area contributed by atoms with Crippen molar-refractivity contribution >= 4 is 11.6 Å². The summed E-state index contributed by atoms with van der Waals surface area (Å²) >= 11 is 0. The van der Waals surface area contributed by atoms with E-state index in [0.29, 0.717) is 0 Å². The number of hydrogen-bond acceptors (Lipinski definition) is 3. The van der Waals surface area contributed by atoms with E-state index < -0.39 is 0 Å². The molecule has 3 N–H and O–H groups in total. The molecule has 0 saturated carbocycles. The molecule has 1 aromatic rings. The zero-order valence-corrected chi connectivity index (χ0v) is 9.07. The summed E-state index contributed by atoms with van der Waals surface area (Å²) in [4.78, 5) is 11.8. The molecule has 0 radical (unpaired) electrons. The molecule has 1 fully saturated rings. The van der Waals surface area contributed by atoms with Gasteiger partial charge in [-0.3, -0.25) is 4.79 Å². The van der Waals surface area contributed by atoms with Crippen LogP contribution in [0.3, 0.4) is 0 Å². The average Bonchev–Trinajstić information content (AvgIpc) is 2.33. The number of piperidine rings is 1. The summed E-state index contributed by atoms with van der Waals surface area (Å²) in [5.74, 6) is 0.208. The van der Waals surface area contributed by atoms with Gasteiger partial charge in [-0.1, -0.05) is 6.42 Å². The van der Waals surface area contributed by atoms with E-state index in [1.54, 1.807) is 24.3 Å². The van der Waals surface area contributed by atoms with Gasteiger partial charge in [0.1, 0.15) is 5.75 Å². The van der Waals surface area contributed by atoms with Gasteiger partial charge in [0.05, 0.1) is 6.04 Å². The van der Waals surface area contributed by atoms with E-state index in [1.807, 2.05) is 0 Å². The maximum Gasteiger partial charge on any atom is 0.241 e. The molecule has 1 saturated heterocycles. The molecule has 1 amide bonds. The molecule has 1 aliphatic heterocycles. The number of nitrogens with one attached hydrogen (secondary N) is 2. The smallest absolute Gasteiger partial charge is 0.241 e. The van der Waals surface area contributed by atoms with Crippen molar-refractivity contribution in [3.8, 4) is 5.75 Å². The van der Waals surface area contributed by atoms with E-state index in [-0.39, 0.29) is 17.7 Å². The molecule has 1 aliphatic rings. The number of rotatable bonds is 2. The molecule has 0 aliphatic carbocycles. The van der Waals surface area contributed by atoms with Crippen LogP contribution in [-0.2, 0) is 4.79 Å². The lowest BCUT2D eigenvalue weighted by Gasteiger charge is -2.22. The van der Waals surface area contributed by atoms with Crippen molar-refractivity contribution in [3.63, 3.8) is 0 Å². The number of phenolic OH excluding ortho intramolecular Hbond substituents is 1. The van der Waals surface area contributed by atoms with E-state index in [9.17, 15) is 4.79 Å². The Balaban J connectivity index is 1.93. The quantitative estimate of drug-likeness (QED) is 0.661. The Kier molecular flexibility index (Phi) is 3.41. The molecule has 86 valence electrons. The molecule has 4 heteroatoms. The van der Waals surface area contributed by atoms with Gasteiger partial charge < -0.3 is 15.7 Å². The molecule has 1 unspecified atom stereocenters. The Morgan fingerprint density at radius 2 is 2.06 bits per heavy atom. The first-order chi connectivity index (χ1) is 7.75. The van der Waals surface area contributed by atoms with Crippen LogP contribution in [0.2, 0.25) is 0 Å². The molecule has 0 bridgehead atoms. The highest BCUT2D eigenvalue weighted by atomic mass is 16.3. The Morgan fingerprint density at radius 1 is 1.31 bits per heavy atom. The first-order valence-electron chi connectivity index (χ1n) is 5.59. The summed E-state index contributed by atoms with van der Waals surface area (Å²) in [7, 11) is 0. The molecule has 4 nitrogen and oxygen atoms in total. The Morgan fingerprint density at radius 3 is 2.69 bits per heavy atom. The minimum absolute atomic E-state index is 0.00499. The lowest BCUT2D eigenvalue weighted by Crippen LogP contribution is -2.43. The summed E-state index contributed by atoms with van der Waals surface area (Å²) in [6.07, 6.45) is 3.13. The van der Waals surface area contributed by atoms with Crippen LogP contribution in [0, 0.1) is 0 Å². The van der Waals surface area contributed by atoms with Crippen LogP contribution in [0.1, 0.15) is 19.3 Å². The van der Waals surface area contributed by atoms with Crippen molar-refractivity contribution < 1.29 is 9.90 Å². The summed E-state index contributed by atoms with van der Waals surface area (Å²) < 4.78 is 0. The number of anilines is 1. The second-order valence-corrected chi connectivity index (χ2v) is 4.04. The molecule has 2 rings (SSSR count). The number of carbonyl (C=O) groups is 1. The van der Waals surface area contributed by atoms with Gasteiger partial charge in [0.25, 0.3) is 0 Å². The van der Waals surface area contributed by atoms with Crippen LogP contribution in [0.15, 0.2) is 24.3 Å². The molecule has 0 spiro atoms. The zero-order valence-electron chi connectivity index (χ0n) is 9.07. The lowest BCUT2D eigenvalue weighted by molar-refractivity contribution is -0.118. The SMILES string of the molecule is O=C(Nc1ccc(O)cc1)C1CCCCN1. The first kappa shape index (κ1) is 11.0. The van der Waals surface area contributed by atoms with Crippen molar-refractivity contribution in [2.45, 2.75) is 25.3 Å². The normalized spacial score (nSPS) is 20.4. The van der Waals surface area contributed by atoms with Gasteiger partial charge in [-0.25, -0.2) is 0 Å². The number of aromatic hydroxyl groups is 1. The van der Waals surface area contributed by atoms with Crippen LogP contribution in [0.4, 0.5) is 5.69 Å². The van der Waals surface area contributed by atoms with Crippen LogP contribution in [0.25, 0.3) is 0 Å². The molecular weight excluding hydrogens is 204 g/mol. The van der Waals surface area contributed by atoms with Gasteiger partial charge in [-0.15, -0.1) is 0 Å². The fourth-order valence-corrected chi connectivity index (χ4v) is 1.85. The predicted octanol–water partition coefficient (Wildman–Crippen LogP) is 1.47. The summed E-state index contributed by atoms with van der Waals surface area (Å²) in [6.45, 7) is 0.910.